The lowest BCUT2D eigenvalue weighted by molar-refractivity contribution is -0.115. The molecule has 8 heteroatoms. The predicted molar refractivity (Wildman–Crippen MR) is 122 cm³/mol. The van der Waals surface area contributed by atoms with E-state index in [0.717, 1.165) is 27.2 Å². The standard InChI is InChI=1S/C22H19BrN4O2S/c1-14-19(11-12-29-14)20-25-26-22(27(20)18-9-4-3-5-10-18)30-15(2)21(28)24-17-8-6-7-16(23)13-17/h3-13,15H,1-2H3,(H,24,28). The molecule has 0 saturated heterocycles. The molecule has 0 aliphatic rings. The maximum atomic E-state index is 12.7. The quantitative estimate of drug-likeness (QED) is 0.356. The van der Waals surface area contributed by atoms with Crippen LogP contribution in [0.5, 0.6) is 0 Å². The molecule has 0 aliphatic carbocycles. The fraction of sp³-hybridized carbons (Fsp3) is 0.136. The third-order valence-corrected chi connectivity index (χ3v) is 6.03. The van der Waals surface area contributed by atoms with Gasteiger partial charge in [0.15, 0.2) is 11.0 Å². The van der Waals surface area contributed by atoms with E-state index < -0.39 is 0 Å². The van der Waals surface area contributed by atoms with Crippen molar-refractivity contribution < 1.29 is 9.21 Å². The number of anilines is 1. The number of furan rings is 1. The molecule has 152 valence electrons. The van der Waals surface area contributed by atoms with E-state index in [1.165, 1.54) is 11.8 Å². The first-order chi connectivity index (χ1) is 14.5. The maximum absolute atomic E-state index is 12.7. The lowest BCUT2D eigenvalue weighted by Gasteiger charge is -2.14. The largest absolute Gasteiger partial charge is 0.469 e. The van der Waals surface area contributed by atoms with Gasteiger partial charge in [-0.15, -0.1) is 10.2 Å². The number of nitrogens with one attached hydrogen (secondary N) is 1. The third kappa shape index (κ3) is 4.34. The van der Waals surface area contributed by atoms with Crippen LogP contribution in [0.25, 0.3) is 17.1 Å². The fourth-order valence-corrected chi connectivity index (χ4v) is 4.24. The second-order valence-corrected chi connectivity index (χ2v) is 8.85. The topological polar surface area (TPSA) is 72.9 Å². The Bertz CT molecular complexity index is 1170. The first-order valence-electron chi connectivity index (χ1n) is 9.31. The van der Waals surface area contributed by atoms with Gasteiger partial charge in [-0.3, -0.25) is 9.36 Å². The number of rotatable bonds is 6. The minimum absolute atomic E-state index is 0.109. The zero-order valence-electron chi connectivity index (χ0n) is 16.4. The molecule has 30 heavy (non-hydrogen) atoms. The van der Waals surface area contributed by atoms with Crippen LogP contribution in [0.15, 0.2) is 81.0 Å². The summed E-state index contributed by atoms with van der Waals surface area (Å²) in [5.41, 5.74) is 2.52. The average Bonchev–Trinajstić information content (AvgIpc) is 3.34. The minimum Gasteiger partial charge on any atom is -0.469 e. The molecule has 0 bridgehead atoms. The molecule has 0 aliphatic heterocycles. The van der Waals surface area contributed by atoms with E-state index in [-0.39, 0.29) is 11.2 Å². The molecule has 0 fully saturated rings. The Morgan fingerprint density at radius 1 is 1.13 bits per heavy atom. The van der Waals surface area contributed by atoms with Crippen molar-refractivity contribution in [2.45, 2.75) is 24.3 Å². The van der Waals surface area contributed by atoms with Crippen molar-refractivity contribution in [3.05, 3.63) is 77.2 Å². The van der Waals surface area contributed by atoms with E-state index in [2.05, 4.69) is 31.4 Å². The number of para-hydroxylation sites is 1. The van der Waals surface area contributed by atoms with Gasteiger partial charge >= 0.3 is 0 Å². The highest BCUT2D eigenvalue weighted by Crippen LogP contribution is 2.32. The van der Waals surface area contributed by atoms with Crippen LogP contribution in [0.3, 0.4) is 0 Å². The van der Waals surface area contributed by atoms with Crippen LogP contribution >= 0.6 is 27.7 Å². The van der Waals surface area contributed by atoms with E-state index in [1.807, 2.05) is 79.1 Å². The molecule has 1 unspecified atom stereocenters. The van der Waals surface area contributed by atoms with Gasteiger partial charge in [-0.2, -0.15) is 0 Å². The Morgan fingerprint density at radius 2 is 1.93 bits per heavy atom. The summed E-state index contributed by atoms with van der Waals surface area (Å²) in [6.07, 6.45) is 1.63. The van der Waals surface area contributed by atoms with Gasteiger partial charge < -0.3 is 9.73 Å². The van der Waals surface area contributed by atoms with Crippen LogP contribution in [0.4, 0.5) is 5.69 Å². The van der Waals surface area contributed by atoms with E-state index in [0.29, 0.717) is 11.0 Å². The highest BCUT2D eigenvalue weighted by molar-refractivity contribution is 9.10. The number of nitrogens with zero attached hydrogens (tertiary/aromatic N) is 3. The zero-order chi connectivity index (χ0) is 21.1. The van der Waals surface area contributed by atoms with Gasteiger partial charge in [0, 0.05) is 15.8 Å². The van der Waals surface area contributed by atoms with Crippen molar-refractivity contribution in [3.63, 3.8) is 0 Å². The smallest absolute Gasteiger partial charge is 0.237 e. The lowest BCUT2D eigenvalue weighted by atomic mass is 10.2. The van der Waals surface area contributed by atoms with Gasteiger partial charge in [-0.25, -0.2) is 0 Å². The number of thioether (sulfide) groups is 1. The number of aryl methyl sites for hydroxylation is 1. The first kappa shape index (κ1) is 20.4. The second kappa shape index (κ2) is 8.89. The molecule has 6 nitrogen and oxygen atoms in total. The van der Waals surface area contributed by atoms with Crippen LogP contribution in [0.1, 0.15) is 12.7 Å². The molecule has 0 spiro atoms. The summed E-state index contributed by atoms with van der Waals surface area (Å²) < 4.78 is 8.32. The van der Waals surface area contributed by atoms with Crippen molar-refractivity contribution in [2.24, 2.45) is 0 Å². The van der Waals surface area contributed by atoms with E-state index in [9.17, 15) is 4.79 Å². The Labute approximate surface area is 186 Å². The molecule has 0 saturated carbocycles. The van der Waals surface area contributed by atoms with Crippen LogP contribution < -0.4 is 5.32 Å². The van der Waals surface area contributed by atoms with Gasteiger partial charge in [-0.05, 0) is 50.2 Å². The van der Waals surface area contributed by atoms with E-state index in [4.69, 9.17) is 4.42 Å². The Balaban J connectivity index is 1.63. The molecular weight excluding hydrogens is 464 g/mol. The Kier molecular flexibility index (Phi) is 6.06. The number of hydrogen-bond acceptors (Lipinski definition) is 5. The molecule has 4 aromatic rings. The van der Waals surface area contributed by atoms with Crippen molar-refractivity contribution in [1.29, 1.82) is 0 Å². The van der Waals surface area contributed by atoms with Gasteiger partial charge in [0.2, 0.25) is 5.91 Å². The minimum atomic E-state index is -0.381. The summed E-state index contributed by atoms with van der Waals surface area (Å²) in [6.45, 7) is 3.74. The monoisotopic (exact) mass is 482 g/mol. The highest BCUT2D eigenvalue weighted by Gasteiger charge is 2.23. The molecule has 1 N–H and O–H groups in total. The van der Waals surface area contributed by atoms with Crippen molar-refractivity contribution in [3.8, 4) is 17.1 Å². The molecule has 4 rings (SSSR count). The number of carbonyl (C=O) groups is 1. The number of halogens is 1. The molecule has 1 amide bonds. The van der Waals surface area contributed by atoms with Crippen LogP contribution in [0.2, 0.25) is 0 Å². The van der Waals surface area contributed by atoms with Gasteiger partial charge in [0.05, 0.1) is 17.1 Å². The van der Waals surface area contributed by atoms with Gasteiger partial charge in [0.1, 0.15) is 5.76 Å². The predicted octanol–water partition coefficient (Wildman–Crippen LogP) is 5.72. The average molecular weight is 483 g/mol. The van der Waals surface area contributed by atoms with Crippen LogP contribution in [0, 0.1) is 6.92 Å². The number of carbonyl (C=O) groups excluding carboxylic acids is 1. The molecule has 0 radical (unpaired) electrons. The Hall–Kier alpha value is -2.84. The maximum Gasteiger partial charge on any atom is 0.237 e. The van der Waals surface area contributed by atoms with Crippen molar-refractivity contribution in [2.75, 3.05) is 5.32 Å². The molecule has 2 aromatic carbocycles. The summed E-state index contributed by atoms with van der Waals surface area (Å²) in [7, 11) is 0. The molecule has 2 heterocycles. The SMILES string of the molecule is Cc1occc1-c1nnc(SC(C)C(=O)Nc2cccc(Br)c2)n1-c1ccccc1. The zero-order valence-corrected chi connectivity index (χ0v) is 18.8. The number of hydrogen-bond donors (Lipinski definition) is 1. The van der Waals surface area contributed by atoms with Crippen molar-refractivity contribution in [1.82, 2.24) is 14.8 Å². The molecular formula is C22H19BrN4O2S. The van der Waals surface area contributed by atoms with Crippen LogP contribution in [-0.2, 0) is 4.79 Å². The molecule has 1 atom stereocenters. The number of aromatic nitrogens is 3. The van der Waals surface area contributed by atoms with Crippen LogP contribution in [-0.4, -0.2) is 25.9 Å². The lowest BCUT2D eigenvalue weighted by Crippen LogP contribution is -2.22. The second-order valence-electron chi connectivity index (χ2n) is 6.63. The van der Waals surface area contributed by atoms with Crippen molar-refractivity contribution >= 4 is 39.3 Å². The van der Waals surface area contributed by atoms with Gasteiger partial charge in [-0.1, -0.05) is 52.0 Å². The number of amides is 1. The summed E-state index contributed by atoms with van der Waals surface area (Å²) >= 11 is 4.78. The first-order valence-corrected chi connectivity index (χ1v) is 11.0. The summed E-state index contributed by atoms with van der Waals surface area (Å²) in [5.74, 6) is 1.33. The van der Waals surface area contributed by atoms with Gasteiger partial charge in [0.25, 0.3) is 0 Å². The fourth-order valence-electron chi connectivity index (χ4n) is 2.97. The normalized spacial score (nSPS) is 12.0. The van der Waals surface area contributed by atoms with E-state index >= 15 is 0 Å². The molecule has 2 aromatic heterocycles. The highest BCUT2D eigenvalue weighted by atomic mass is 79.9. The number of benzene rings is 2. The summed E-state index contributed by atoms with van der Waals surface area (Å²) in [5, 5.41) is 12.0. The third-order valence-electron chi connectivity index (χ3n) is 4.49. The summed E-state index contributed by atoms with van der Waals surface area (Å²) in [6, 6.07) is 19.2. The summed E-state index contributed by atoms with van der Waals surface area (Å²) in [4.78, 5) is 12.7. The Morgan fingerprint density at radius 3 is 2.63 bits per heavy atom. The van der Waals surface area contributed by atoms with E-state index in [1.54, 1.807) is 6.26 Å².